The number of carbonyl (C=O) groups is 1. The average Bonchev–Trinajstić information content (AvgIpc) is 2.71. The molecule has 0 saturated heterocycles. The van der Waals surface area contributed by atoms with Crippen LogP contribution in [0.25, 0.3) is 0 Å². The van der Waals surface area contributed by atoms with Gasteiger partial charge in [-0.1, -0.05) is 70.6 Å². The second-order valence-electron chi connectivity index (χ2n) is 10.2. The Labute approximate surface area is 229 Å². The average molecular weight is 491 g/mol. The molecule has 178 valence electrons. The first kappa shape index (κ1) is 28.6. The molecule has 0 radical (unpaired) electrons. The number of carbonyl (C=O) groups excluding carboxylic acids is 1. The molecule has 0 spiro atoms. The Morgan fingerprint density at radius 1 is 1.15 bits per heavy atom. The normalized spacial score (nSPS) is 18.6. The SMILES string of the molecule is Cc1cc(SC2=C([O-])CC(CCc3ccc([O-])cc3)(C(C)C)OC2=O)c(C(C)(C)C)cc1N.[Na+]. The summed E-state index contributed by atoms with van der Waals surface area (Å²) in [6, 6.07) is 10.5. The van der Waals surface area contributed by atoms with Gasteiger partial charge in [0.25, 0.3) is 0 Å². The largest absolute Gasteiger partial charge is 1.00 e. The Morgan fingerprint density at radius 3 is 2.29 bits per heavy atom. The van der Waals surface area contributed by atoms with Gasteiger partial charge in [0.05, 0.1) is 4.91 Å². The number of benzene rings is 2. The second-order valence-corrected chi connectivity index (χ2v) is 11.3. The first-order valence-corrected chi connectivity index (χ1v) is 12.1. The van der Waals surface area contributed by atoms with Gasteiger partial charge < -0.3 is 20.7 Å². The van der Waals surface area contributed by atoms with E-state index < -0.39 is 11.6 Å². The van der Waals surface area contributed by atoms with Crippen molar-refractivity contribution in [2.24, 2.45) is 5.92 Å². The Hall–Kier alpha value is -1.60. The molecule has 7 heteroatoms. The van der Waals surface area contributed by atoms with Crippen molar-refractivity contribution in [3.05, 3.63) is 63.8 Å². The van der Waals surface area contributed by atoms with Crippen LogP contribution in [0.2, 0.25) is 0 Å². The molecular formula is C27H33NNaO4S-. The maximum absolute atomic E-state index is 13.3. The van der Waals surface area contributed by atoms with E-state index in [0.29, 0.717) is 18.5 Å². The third-order valence-corrected chi connectivity index (χ3v) is 7.55. The van der Waals surface area contributed by atoms with Gasteiger partial charge in [0.15, 0.2) is 0 Å². The molecule has 0 bridgehead atoms. The molecule has 34 heavy (non-hydrogen) atoms. The maximum Gasteiger partial charge on any atom is 1.00 e. The summed E-state index contributed by atoms with van der Waals surface area (Å²) in [7, 11) is 0. The number of cyclic esters (lactones) is 1. The molecule has 0 fully saturated rings. The van der Waals surface area contributed by atoms with E-state index in [-0.39, 0.29) is 63.7 Å². The number of ether oxygens (including phenoxy) is 1. The molecule has 3 rings (SSSR count). The number of hydrogen-bond donors (Lipinski definition) is 1. The van der Waals surface area contributed by atoms with E-state index in [9.17, 15) is 15.0 Å². The number of aryl methyl sites for hydroxylation is 2. The number of nitrogens with two attached hydrogens (primary N) is 1. The Balaban J connectivity index is 0.00000408. The van der Waals surface area contributed by atoms with Crippen LogP contribution in [-0.2, 0) is 21.4 Å². The number of anilines is 1. The van der Waals surface area contributed by atoms with Gasteiger partial charge in [-0.05, 0) is 66.3 Å². The first-order valence-electron chi connectivity index (χ1n) is 11.3. The van der Waals surface area contributed by atoms with Crippen LogP contribution in [-0.4, -0.2) is 11.6 Å². The predicted octanol–water partition coefficient (Wildman–Crippen LogP) is 1.59. The van der Waals surface area contributed by atoms with E-state index in [1.54, 1.807) is 12.1 Å². The molecule has 2 aromatic carbocycles. The molecule has 1 aliphatic heterocycles. The van der Waals surface area contributed by atoms with Gasteiger partial charge in [0.1, 0.15) is 5.60 Å². The van der Waals surface area contributed by atoms with Crippen molar-refractivity contribution < 1.29 is 49.3 Å². The van der Waals surface area contributed by atoms with Crippen molar-refractivity contribution in [2.45, 2.75) is 76.7 Å². The molecule has 1 heterocycles. The van der Waals surface area contributed by atoms with Crippen molar-refractivity contribution in [1.82, 2.24) is 0 Å². The summed E-state index contributed by atoms with van der Waals surface area (Å²) in [5.41, 5.74) is 8.65. The molecule has 0 amide bonds. The van der Waals surface area contributed by atoms with Gasteiger partial charge in [-0.15, -0.1) is 11.5 Å². The van der Waals surface area contributed by atoms with Crippen molar-refractivity contribution in [2.75, 3.05) is 5.73 Å². The molecule has 1 aliphatic rings. The van der Waals surface area contributed by atoms with Crippen molar-refractivity contribution in [3.63, 3.8) is 0 Å². The summed E-state index contributed by atoms with van der Waals surface area (Å²) >= 11 is 1.19. The number of esters is 1. The topological polar surface area (TPSA) is 98.4 Å². The van der Waals surface area contributed by atoms with Gasteiger partial charge in [0, 0.05) is 10.6 Å². The zero-order valence-electron chi connectivity index (χ0n) is 21.3. The van der Waals surface area contributed by atoms with Crippen LogP contribution >= 0.6 is 11.8 Å². The van der Waals surface area contributed by atoms with E-state index >= 15 is 0 Å². The van der Waals surface area contributed by atoms with Gasteiger partial charge in [-0.3, -0.25) is 0 Å². The van der Waals surface area contributed by atoms with Gasteiger partial charge in [-0.25, -0.2) is 4.79 Å². The van der Waals surface area contributed by atoms with Crippen molar-refractivity contribution in [3.8, 4) is 5.75 Å². The van der Waals surface area contributed by atoms with Crippen LogP contribution in [0.15, 0.2) is 52.0 Å². The van der Waals surface area contributed by atoms with Crippen LogP contribution in [0.4, 0.5) is 5.69 Å². The summed E-state index contributed by atoms with van der Waals surface area (Å²) in [6.07, 6.45) is 1.29. The summed E-state index contributed by atoms with van der Waals surface area (Å²) < 4.78 is 6.01. The summed E-state index contributed by atoms with van der Waals surface area (Å²) in [5, 5.41) is 24.6. The summed E-state index contributed by atoms with van der Waals surface area (Å²) in [6.45, 7) is 12.1. The zero-order chi connectivity index (χ0) is 24.6. The molecular weight excluding hydrogens is 457 g/mol. The van der Waals surface area contributed by atoms with Crippen LogP contribution < -0.4 is 45.5 Å². The Bertz CT molecular complexity index is 1070. The summed E-state index contributed by atoms with van der Waals surface area (Å²) in [5.74, 6) is -0.816. The third-order valence-electron chi connectivity index (χ3n) is 6.40. The fourth-order valence-electron chi connectivity index (χ4n) is 4.07. The molecule has 1 atom stereocenters. The monoisotopic (exact) mass is 490 g/mol. The fourth-order valence-corrected chi connectivity index (χ4v) is 5.31. The van der Waals surface area contributed by atoms with Crippen LogP contribution in [0.5, 0.6) is 5.75 Å². The standard InChI is InChI=1S/C27H35NO4S.Na/c1-16(2)27(12-11-18-7-9-19(29)10-8-18)15-22(30)24(25(31)32-27)33-23-13-17(3)21(28)14-20(23)26(4,5)6;/h7-10,13-14,16,29-30H,11-12,15,28H2,1-6H3;/q;+1/p-2. The second kappa shape index (κ2) is 11.0. The minimum Gasteiger partial charge on any atom is -0.874 e. The molecule has 2 N–H and O–H groups in total. The number of thioether (sulfide) groups is 1. The van der Waals surface area contributed by atoms with E-state index in [0.717, 1.165) is 21.6 Å². The molecule has 0 aliphatic carbocycles. The van der Waals surface area contributed by atoms with Crippen molar-refractivity contribution in [1.29, 1.82) is 0 Å². The van der Waals surface area contributed by atoms with Crippen LogP contribution in [0.1, 0.15) is 64.2 Å². The maximum atomic E-state index is 13.3. The smallest absolute Gasteiger partial charge is 0.874 e. The van der Waals surface area contributed by atoms with Gasteiger partial charge in [0.2, 0.25) is 0 Å². The van der Waals surface area contributed by atoms with Crippen LogP contribution in [0.3, 0.4) is 0 Å². The van der Waals surface area contributed by atoms with Gasteiger partial charge >= 0.3 is 35.5 Å². The Kier molecular flexibility index (Phi) is 9.25. The molecule has 5 nitrogen and oxygen atoms in total. The fraction of sp³-hybridized carbons (Fsp3) is 0.444. The molecule has 0 saturated carbocycles. The van der Waals surface area contributed by atoms with Gasteiger partial charge in [-0.2, -0.15) is 0 Å². The van der Waals surface area contributed by atoms with E-state index in [1.165, 1.54) is 23.9 Å². The molecule has 2 aromatic rings. The predicted molar refractivity (Wildman–Crippen MR) is 130 cm³/mol. The van der Waals surface area contributed by atoms with E-state index in [1.807, 2.05) is 32.9 Å². The third kappa shape index (κ3) is 6.34. The Morgan fingerprint density at radius 2 is 1.76 bits per heavy atom. The minimum atomic E-state index is -0.863. The van der Waals surface area contributed by atoms with E-state index in [2.05, 4.69) is 20.8 Å². The van der Waals surface area contributed by atoms with E-state index in [4.69, 9.17) is 10.5 Å². The minimum absolute atomic E-state index is 0. The molecule has 1 unspecified atom stereocenters. The summed E-state index contributed by atoms with van der Waals surface area (Å²) in [4.78, 5) is 14.1. The number of nitrogen functional groups attached to an aromatic ring is 1. The molecule has 0 aromatic heterocycles. The zero-order valence-corrected chi connectivity index (χ0v) is 24.1. The van der Waals surface area contributed by atoms with Crippen LogP contribution in [0, 0.1) is 12.8 Å². The number of hydrogen-bond acceptors (Lipinski definition) is 6. The quantitative estimate of drug-likeness (QED) is 0.375. The first-order chi connectivity index (χ1) is 15.3. The van der Waals surface area contributed by atoms with Crippen molar-refractivity contribution >= 4 is 23.4 Å². The number of rotatable bonds is 6.